The Bertz CT molecular complexity index is 1330. The van der Waals surface area contributed by atoms with Gasteiger partial charge in [-0.15, -0.1) is 0 Å². The third-order valence-corrected chi connectivity index (χ3v) is 15.7. The van der Waals surface area contributed by atoms with Gasteiger partial charge in [-0.1, -0.05) is 53.5 Å². The van der Waals surface area contributed by atoms with E-state index in [1.165, 1.54) is 24.8 Å². The van der Waals surface area contributed by atoms with Crippen molar-refractivity contribution in [2.24, 2.45) is 62.6 Å². The number of ether oxygens (including phenoxy) is 1. The number of Topliss-reactive ketones (excluding diaryl/α,β-unsaturated/α-hetero) is 1. The standard InChI is InChI=1S/C41H65NO6/c1-24(2)34-28(43)20-41(31(44)23-42-22-25-10-9-11-25)19-14-27-26(35(34)41)12-13-30-39(27,7)17-15-29-38(5,6)32(16-18-40(29,30)8)48-33(45)21-37(3,4)36(46)47/h24-27,29-32,42,44H,9-23H2,1-8H3,(H,46,47). The molecular weight excluding hydrogens is 602 g/mol. The minimum absolute atomic E-state index is 0.116. The van der Waals surface area contributed by atoms with E-state index in [2.05, 4.69) is 46.9 Å². The summed E-state index contributed by atoms with van der Waals surface area (Å²) < 4.78 is 6.14. The summed E-state index contributed by atoms with van der Waals surface area (Å²) in [5, 5.41) is 25.1. The van der Waals surface area contributed by atoms with Crippen molar-refractivity contribution in [3.05, 3.63) is 11.1 Å². The molecule has 0 heterocycles. The quantitative estimate of drug-likeness (QED) is 0.204. The van der Waals surface area contributed by atoms with Gasteiger partial charge in [0.2, 0.25) is 0 Å². The van der Waals surface area contributed by atoms with Crippen molar-refractivity contribution < 1.29 is 29.3 Å². The van der Waals surface area contributed by atoms with Crippen LogP contribution < -0.4 is 5.32 Å². The maximum atomic E-state index is 13.8. The van der Waals surface area contributed by atoms with E-state index in [-0.39, 0.29) is 40.5 Å². The number of hydrogen-bond acceptors (Lipinski definition) is 6. The Labute approximate surface area is 289 Å². The summed E-state index contributed by atoms with van der Waals surface area (Å²) in [5.74, 6) is 1.61. The number of fused-ring (bicyclic) bond motifs is 7. The van der Waals surface area contributed by atoms with Crippen LogP contribution in [-0.4, -0.2) is 53.2 Å². The molecule has 3 N–H and O–H groups in total. The predicted octanol–water partition coefficient (Wildman–Crippen LogP) is 7.74. The average Bonchev–Trinajstić information content (AvgIpc) is 3.28. The predicted molar refractivity (Wildman–Crippen MR) is 187 cm³/mol. The molecule has 5 saturated carbocycles. The molecule has 0 aromatic carbocycles. The van der Waals surface area contributed by atoms with Gasteiger partial charge < -0.3 is 20.3 Å². The number of aliphatic hydroxyl groups excluding tert-OH is 1. The van der Waals surface area contributed by atoms with Crippen molar-refractivity contribution in [1.82, 2.24) is 5.32 Å². The van der Waals surface area contributed by atoms with Gasteiger partial charge in [0.15, 0.2) is 5.78 Å². The van der Waals surface area contributed by atoms with Crippen LogP contribution in [0.4, 0.5) is 0 Å². The summed E-state index contributed by atoms with van der Waals surface area (Å²) in [7, 11) is 0. The first-order valence-electron chi connectivity index (χ1n) is 19.5. The molecule has 270 valence electrons. The van der Waals surface area contributed by atoms with E-state index in [1.807, 2.05) is 0 Å². The number of carbonyl (C=O) groups excluding carboxylic acids is 2. The van der Waals surface area contributed by atoms with Crippen LogP contribution in [0.2, 0.25) is 0 Å². The molecule has 0 spiro atoms. The molecule has 0 amide bonds. The van der Waals surface area contributed by atoms with Crippen LogP contribution in [-0.2, 0) is 19.1 Å². The number of aliphatic carboxylic acids is 1. The van der Waals surface area contributed by atoms with Crippen LogP contribution in [0.15, 0.2) is 11.1 Å². The monoisotopic (exact) mass is 667 g/mol. The number of ketones is 1. The lowest BCUT2D eigenvalue weighted by Crippen LogP contribution is -2.63. The minimum Gasteiger partial charge on any atom is -0.481 e. The van der Waals surface area contributed by atoms with E-state index in [1.54, 1.807) is 13.8 Å². The van der Waals surface area contributed by atoms with Crippen LogP contribution in [0.25, 0.3) is 0 Å². The summed E-state index contributed by atoms with van der Waals surface area (Å²) in [6.07, 6.45) is 11.7. The van der Waals surface area contributed by atoms with E-state index in [9.17, 15) is 24.6 Å². The number of carboxylic acid groups (broad SMARTS) is 1. The van der Waals surface area contributed by atoms with Gasteiger partial charge in [-0.25, -0.2) is 0 Å². The summed E-state index contributed by atoms with van der Waals surface area (Å²) in [6.45, 7) is 18.7. The number of aliphatic hydroxyl groups is 1. The van der Waals surface area contributed by atoms with Crippen molar-refractivity contribution in [2.75, 3.05) is 13.1 Å². The molecule has 9 atom stereocenters. The molecule has 6 aliphatic carbocycles. The number of nitrogens with one attached hydrogen (secondary N) is 1. The van der Waals surface area contributed by atoms with E-state index in [0.29, 0.717) is 36.6 Å². The maximum Gasteiger partial charge on any atom is 0.309 e. The van der Waals surface area contributed by atoms with E-state index in [0.717, 1.165) is 69.4 Å². The van der Waals surface area contributed by atoms with Crippen LogP contribution >= 0.6 is 0 Å². The van der Waals surface area contributed by atoms with Crippen molar-refractivity contribution in [3.8, 4) is 0 Å². The van der Waals surface area contributed by atoms with E-state index < -0.39 is 28.9 Å². The third kappa shape index (κ3) is 5.64. The lowest BCUT2D eigenvalue weighted by atomic mass is 9.36. The molecule has 0 aromatic rings. The molecule has 6 rings (SSSR count). The van der Waals surface area contributed by atoms with Crippen molar-refractivity contribution in [3.63, 3.8) is 0 Å². The summed E-state index contributed by atoms with van der Waals surface area (Å²) in [4.78, 5) is 38.5. The Morgan fingerprint density at radius 1 is 0.938 bits per heavy atom. The Kier molecular flexibility index (Phi) is 9.39. The zero-order chi connectivity index (χ0) is 35.0. The number of carbonyl (C=O) groups is 3. The van der Waals surface area contributed by atoms with Gasteiger partial charge in [-0.3, -0.25) is 14.4 Å². The second-order valence-electron chi connectivity index (χ2n) is 19.4. The molecule has 6 aliphatic rings. The molecule has 9 unspecified atom stereocenters. The van der Waals surface area contributed by atoms with Crippen molar-refractivity contribution in [1.29, 1.82) is 0 Å². The highest BCUT2D eigenvalue weighted by Crippen LogP contribution is 2.73. The van der Waals surface area contributed by atoms with Gasteiger partial charge in [-0.2, -0.15) is 0 Å². The third-order valence-electron chi connectivity index (χ3n) is 15.7. The van der Waals surface area contributed by atoms with Crippen molar-refractivity contribution in [2.45, 2.75) is 151 Å². The lowest BCUT2D eigenvalue weighted by Gasteiger charge is -2.69. The van der Waals surface area contributed by atoms with Gasteiger partial charge in [0.05, 0.1) is 17.9 Å². The van der Waals surface area contributed by atoms with E-state index >= 15 is 0 Å². The fourth-order valence-corrected chi connectivity index (χ4v) is 12.9. The van der Waals surface area contributed by atoms with Crippen LogP contribution in [0, 0.1) is 62.6 Å². The Balaban J connectivity index is 1.23. The van der Waals surface area contributed by atoms with Gasteiger partial charge in [0.25, 0.3) is 0 Å². The minimum atomic E-state index is -1.15. The summed E-state index contributed by atoms with van der Waals surface area (Å²) in [5.41, 5.74) is 0.879. The number of rotatable bonds is 10. The molecule has 7 heteroatoms. The lowest BCUT2D eigenvalue weighted by molar-refractivity contribution is -0.214. The van der Waals surface area contributed by atoms with Crippen molar-refractivity contribution >= 4 is 17.7 Å². The molecule has 48 heavy (non-hydrogen) atoms. The Hall–Kier alpha value is -1.73. The van der Waals surface area contributed by atoms with E-state index in [4.69, 9.17) is 4.74 Å². The van der Waals surface area contributed by atoms with Gasteiger partial charge in [0.1, 0.15) is 6.10 Å². The highest BCUT2D eigenvalue weighted by atomic mass is 16.5. The highest BCUT2D eigenvalue weighted by molar-refractivity contribution is 6.00. The smallest absolute Gasteiger partial charge is 0.309 e. The molecule has 0 radical (unpaired) electrons. The number of hydrogen-bond donors (Lipinski definition) is 3. The van der Waals surface area contributed by atoms with Crippen LogP contribution in [0.1, 0.15) is 139 Å². The second-order valence-corrected chi connectivity index (χ2v) is 19.4. The molecule has 7 nitrogen and oxygen atoms in total. The average molecular weight is 668 g/mol. The molecule has 5 fully saturated rings. The SMILES string of the molecule is CC(C)C1=C2C3CCC4C(C)(CCC5C(C)(C)C(OC(=O)CC(C)(C)C(=O)O)CCC54C)C3CCC2(C(O)CNCC2CCC2)CC1=O. The zero-order valence-electron chi connectivity index (χ0n) is 31.3. The Morgan fingerprint density at radius 3 is 2.25 bits per heavy atom. The number of esters is 1. The fraction of sp³-hybridized carbons (Fsp3) is 0.878. The highest BCUT2D eigenvalue weighted by Gasteiger charge is 2.67. The number of carboxylic acids is 1. The molecular formula is C41H65NO6. The first kappa shape index (κ1) is 36.1. The molecule has 0 aliphatic heterocycles. The fourth-order valence-electron chi connectivity index (χ4n) is 12.9. The first-order valence-corrected chi connectivity index (χ1v) is 19.5. The zero-order valence-corrected chi connectivity index (χ0v) is 31.3. The topological polar surface area (TPSA) is 113 Å². The maximum absolute atomic E-state index is 13.8. The molecule has 0 saturated heterocycles. The van der Waals surface area contributed by atoms with Gasteiger partial charge in [0, 0.05) is 23.8 Å². The Morgan fingerprint density at radius 2 is 1.62 bits per heavy atom. The van der Waals surface area contributed by atoms with Crippen LogP contribution in [0.3, 0.4) is 0 Å². The first-order chi connectivity index (χ1) is 22.4. The largest absolute Gasteiger partial charge is 0.481 e. The molecule has 0 bridgehead atoms. The molecule has 0 aromatic heterocycles. The normalized spacial score (nSPS) is 40.0. The second kappa shape index (κ2) is 12.5. The van der Waals surface area contributed by atoms with Gasteiger partial charge >= 0.3 is 11.9 Å². The summed E-state index contributed by atoms with van der Waals surface area (Å²) in [6, 6.07) is 0. The number of allylic oxidation sites excluding steroid dienone is 1. The van der Waals surface area contributed by atoms with Crippen LogP contribution in [0.5, 0.6) is 0 Å². The summed E-state index contributed by atoms with van der Waals surface area (Å²) >= 11 is 0. The van der Waals surface area contributed by atoms with Gasteiger partial charge in [-0.05, 0) is 137 Å².